The number of anilines is 1. The highest BCUT2D eigenvalue weighted by Gasteiger charge is 2.06. The van der Waals surface area contributed by atoms with Crippen molar-refractivity contribution in [3.05, 3.63) is 53.5 Å². The molecule has 0 spiro atoms. The zero-order chi connectivity index (χ0) is 13.0. The number of halogens is 1. The van der Waals surface area contributed by atoms with E-state index in [1.807, 2.05) is 6.07 Å². The van der Waals surface area contributed by atoms with Crippen LogP contribution in [-0.2, 0) is 5.75 Å². The number of pyridine rings is 1. The second kappa shape index (κ2) is 5.52. The molecule has 1 heterocycles. The molecule has 2 rings (SSSR count). The molecular weight excluding hydrogens is 249 g/mol. The Balaban J connectivity index is 2.18. The van der Waals surface area contributed by atoms with E-state index < -0.39 is 0 Å². The van der Waals surface area contributed by atoms with Gasteiger partial charge in [0.15, 0.2) is 0 Å². The summed E-state index contributed by atoms with van der Waals surface area (Å²) >= 11 is 1.38. The highest BCUT2D eigenvalue weighted by molar-refractivity contribution is 7.98. The first-order valence-corrected chi connectivity index (χ1v) is 6.21. The summed E-state index contributed by atoms with van der Waals surface area (Å²) in [4.78, 5) is 4.13. The molecule has 0 radical (unpaired) electrons. The molecule has 0 fully saturated rings. The van der Waals surface area contributed by atoms with Crippen LogP contribution in [0.15, 0.2) is 41.6 Å². The van der Waals surface area contributed by atoms with E-state index in [2.05, 4.69) is 4.98 Å². The third-order valence-corrected chi connectivity index (χ3v) is 3.42. The molecule has 5 heteroatoms. The number of hydrogen-bond donors (Lipinski definition) is 1. The number of nitriles is 1. The maximum atomic E-state index is 13.1. The van der Waals surface area contributed by atoms with Crippen molar-refractivity contribution in [1.29, 1.82) is 5.26 Å². The summed E-state index contributed by atoms with van der Waals surface area (Å²) in [6.45, 7) is 0. The molecule has 1 aromatic heterocycles. The van der Waals surface area contributed by atoms with Gasteiger partial charge in [-0.2, -0.15) is 5.26 Å². The average Bonchev–Trinajstić information content (AvgIpc) is 2.38. The number of nitrogens with zero attached hydrogens (tertiary/aromatic N) is 2. The van der Waals surface area contributed by atoms with Crippen LogP contribution in [0.1, 0.15) is 11.1 Å². The predicted octanol–water partition coefficient (Wildman–Crippen LogP) is 2.97. The minimum atomic E-state index is -0.349. The van der Waals surface area contributed by atoms with Gasteiger partial charge in [0.25, 0.3) is 0 Å². The molecule has 2 aromatic rings. The number of nitrogens with two attached hydrogens (primary N) is 1. The lowest BCUT2D eigenvalue weighted by Gasteiger charge is -2.05. The fourth-order valence-corrected chi connectivity index (χ4v) is 2.36. The van der Waals surface area contributed by atoms with Gasteiger partial charge < -0.3 is 5.73 Å². The normalized spacial score (nSPS) is 10.0. The van der Waals surface area contributed by atoms with Gasteiger partial charge in [0.1, 0.15) is 10.8 Å². The smallest absolute Gasteiger partial charge is 0.123 e. The van der Waals surface area contributed by atoms with Crippen molar-refractivity contribution >= 4 is 17.4 Å². The van der Waals surface area contributed by atoms with E-state index in [0.29, 0.717) is 27.6 Å². The Hall–Kier alpha value is -2.06. The van der Waals surface area contributed by atoms with Crippen molar-refractivity contribution < 1.29 is 4.39 Å². The number of nitrogen functional groups attached to an aromatic ring is 1. The molecule has 90 valence electrons. The van der Waals surface area contributed by atoms with Gasteiger partial charge in [-0.15, -0.1) is 0 Å². The van der Waals surface area contributed by atoms with E-state index in [4.69, 9.17) is 11.0 Å². The van der Waals surface area contributed by atoms with Crippen LogP contribution in [0.4, 0.5) is 10.1 Å². The molecule has 18 heavy (non-hydrogen) atoms. The number of aromatic nitrogens is 1. The molecule has 3 nitrogen and oxygen atoms in total. The summed E-state index contributed by atoms with van der Waals surface area (Å²) in [7, 11) is 0. The molecule has 0 aliphatic heterocycles. The topological polar surface area (TPSA) is 62.7 Å². The van der Waals surface area contributed by atoms with Crippen molar-refractivity contribution in [2.24, 2.45) is 0 Å². The monoisotopic (exact) mass is 259 g/mol. The summed E-state index contributed by atoms with van der Waals surface area (Å²) in [5, 5.41) is 9.62. The fraction of sp³-hybridized carbons (Fsp3) is 0.0769. The van der Waals surface area contributed by atoms with E-state index in [0.717, 1.165) is 0 Å². The van der Waals surface area contributed by atoms with Crippen LogP contribution in [-0.4, -0.2) is 4.98 Å². The van der Waals surface area contributed by atoms with E-state index in [1.165, 1.54) is 30.0 Å². The van der Waals surface area contributed by atoms with Crippen LogP contribution in [0, 0.1) is 17.1 Å². The molecule has 0 bridgehead atoms. The Morgan fingerprint density at radius 3 is 2.94 bits per heavy atom. The van der Waals surface area contributed by atoms with Gasteiger partial charge in [0, 0.05) is 11.9 Å². The maximum absolute atomic E-state index is 13.1. The van der Waals surface area contributed by atoms with Gasteiger partial charge in [-0.05, 0) is 35.9 Å². The standard InChI is InChI=1S/C13H10FN3S/c14-11-4-3-9(7-15)10(6-11)8-18-13-12(16)2-1-5-17-13/h1-6H,8,16H2. The molecule has 0 aliphatic rings. The van der Waals surface area contributed by atoms with Gasteiger partial charge in [-0.25, -0.2) is 9.37 Å². The van der Waals surface area contributed by atoms with E-state index >= 15 is 0 Å². The Morgan fingerprint density at radius 1 is 1.39 bits per heavy atom. The summed E-state index contributed by atoms with van der Waals surface area (Å²) in [5.74, 6) is 0.112. The second-order valence-electron chi connectivity index (χ2n) is 3.60. The molecule has 0 atom stereocenters. The molecule has 0 aliphatic carbocycles. The average molecular weight is 259 g/mol. The number of hydrogen-bond acceptors (Lipinski definition) is 4. The van der Waals surface area contributed by atoms with Crippen LogP contribution in [0.3, 0.4) is 0 Å². The van der Waals surface area contributed by atoms with Crippen LogP contribution >= 0.6 is 11.8 Å². The van der Waals surface area contributed by atoms with Gasteiger partial charge in [-0.3, -0.25) is 0 Å². The third kappa shape index (κ3) is 2.79. The molecule has 0 amide bonds. The quantitative estimate of drug-likeness (QED) is 0.861. The lowest BCUT2D eigenvalue weighted by Crippen LogP contribution is -1.93. The Kier molecular flexibility index (Phi) is 3.80. The molecule has 0 saturated carbocycles. The minimum absolute atomic E-state index is 0.349. The van der Waals surface area contributed by atoms with Crippen molar-refractivity contribution in [3.63, 3.8) is 0 Å². The van der Waals surface area contributed by atoms with Gasteiger partial charge in [0.2, 0.25) is 0 Å². The molecule has 1 aromatic carbocycles. The summed E-state index contributed by atoms with van der Waals surface area (Å²) in [6.07, 6.45) is 1.65. The first kappa shape index (κ1) is 12.4. The van der Waals surface area contributed by atoms with Crippen LogP contribution in [0.25, 0.3) is 0 Å². The molecule has 0 saturated heterocycles. The maximum Gasteiger partial charge on any atom is 0.123 e. The lowest BCUT2D eigenvalue weighted by molar-refractivity contribution is 0.626. The van der Waals surface area contributed by atoms with E-state index in [9.17, 15) is 4.39 Å². The van der Waals surface area contributed by atoms with Gasteiger partial charge in [-0.1, -0.05) is 11.8 Å². The minimum Gasteiger partial charge on any atom is -0.397 e. The number of rotatable bonds is 3. The second-order valence-corrected chi connectivity index (χ2v) is 4.56. The van der Waals surface area contributed by atoms with Crippen LogP contribution in [0.2, 0.25) is 0 Å². The van der Waals surface area contributed by atoms with Crippen molar-refractivity contribution in [1.82, 2.24) is 4.98 Å². The first-order chi connectivity index (χ1) is 8.70. The van der Waals surface area contributed by atoms with Crippen LogP contribution < -0.4 is 5.73 Å². The van der Waals surface area contributed by atoms with Gasteiger partial charge >= 0.3 is 0 Å². The Morgan fingerprint density at radius 2 is 2.22 bits per heavy atom. The summed E-state index contributed by atoms with van der Waals surface area (Å²) in [6, 6.07) is 9.67. The summed E-state index contributed by atoms with van der Waals surface area (Å²) in [5.41, 5.74) is 7.46. The number of thioether (sulfide) groups is 1. The lowest BCUT2D eigenvalue weighted by atomic mass is 10.1. The van der Waals surface area contributed by atoms with Crippen LogP contribution in [0.5, 0.6) is 0 Å². The highest BCUT2D eigenvalue weighted by atomic mass is 32.2. The van der Waals surface area contributed by atoms with Crippen molar-refractivity contribution in [2.45, 2.75) is 10.8 Å². The third-order valence-electron chi connectivity index (χ3n) is 2.35. The zero-order valence-electron chi connectivity index (χ0n) is 9.43. The van der Waals surface area contributed by atoms with Crippen molar-refractivity contribution in [2.75, 3.05) is 5.73 Å². The Labute approximate surface area is 108 Å². The fourth-order valence-electron chi connectivity index (χ4n) is 1.46. The zero-order valence-corrected chi connectivity index (χ0v) is 10.2. The molecule has 0 unspecified atom stereocenters. The first-order valence-electron chi connectivity index (χ1n) is 5.22. The molecular formula is C13H10FN3S. The highest BCUT2D eigenvalue weighted by Crippen LogP contribution is 2.27. The predicted molar refractivity (Wildman–Crippen MR) is 69.3 cm³/mol. The van der Waals surface area contributed by atoms with E-state index in [1.54, 1.807) is 18.3 Å². The SMILES string of the molecule is N#Cc1ccc(F)cc1CSc1ncccc1N. The van der Waals surface area contributed by atoms with Crippen molar-refractivity contribution in [3.8, 4) is 6.07 Å². The summed E-state index contributed by atoms with van der Waals surface area (Å²) < 4.78 is 13.1. The van der Waals surface area contributed by atoms with E-state index in [-0.39, 0.29) is 5.82 Å². The van der Waals surface area contributed by atoms with Gasteiger partial charge in [0.05, 0.1) is 17.3 Å². The molecule has 2 N–H and O–H groups in total. The number of benzene rings is 1. The largest absolute Gasteiger partial charge is 0.397 e. The Bertz CT molecular complexity index is 607.